The van der Waals surface area contributed by atoms with Crippen LogP contribution >= 0.6 is 11.3 Å². The lowest BCUT2D eigenvalue weighted by Crippen LogP contribution is -2.44. The van der Waals surface area contributed by atoms with Crippen molar-refractivity contribution in [2.45, 2.75) is 32.2 Å². The average Bonchev–Trinajstić information content (AvgIpc) is 3.17. The van der Waals surface area contributed by atoms with Crippen molar-refractivity contribution in [2.24, 2.45) is 0 Å². The van der Waals surface area contributed by atoms with Crippen LogP contribution in [0.5, 0.6) is 0 Å². The Hall–Kier alpha value is -2.55. The maximum atomic E-state index is 12.5. The number of rotatable bonds is 3. The van der Waals surface area contributed by atoms with Crippen LogP contribution in [0.4, 0.5) is 4.79 Å². The molecule has 0 bridgehead atoms. The number of nitrogens with zero attached hydrogens (tertiary/aromatic N) is 6. The van der Waals surface area contributed by atoms with Crippen molar-refractivity contribution in [3.63, 3.8) is 0 Å². The van der Waals surface area contributed by atoms with Gasteiger partial charge in [-0.05, 0) is 25.8 Å². The highest BCUT2D eigenvalue weighted by atomic mass is 32.1. The molecular weight excluding hydrogens is 338 g/mol. The van der Waals surface area contributed by atoms with Gasteiger partial charge in [0.1, 0.15) is 11.3 Å². The lowest BCUT2D eigenvalue weighted by molar-refractivity contribution is 0.178. The number of carbonyl (C=O) groups is 1. The Morgan fingerprint density at radius 3 is 3.20 bits per heavy atom. The summed E-state index contributed by atoms with van der Waals surface area (Å²) in [5.74, 6) is 0.271. The zero-order valence-electron chi connectivity index (χ0n) is 13.9. The number of amides is 2. The predicted molar refractivity (Wildman–Crippen MR) is 93.4 cm³/mol. The Balaban J connectivity index is 1.36. The molecule has 0 aliphatic carbocycles. The molecule has 3 aromatic rings. The van der Waals surface area contributed by atoms with Crippen molar-refractivity contribution in [2.75, 3.05) is 13.1 Å². The van der Waals surface area contributed by atoms with Gasteiger partial charge in [-0.3, -0.25) is 0 Å². The van der Waals surface area contributed by atoms with Gasteiger partial charge in [0.25, 0.3) is 0 Å². The van der Waals surface area contributed by atoms with Crippen LogP contribution in [0.2, 0.25) is 0 Å². The third-order valence-corrected chi connectivity index (χ3v) is 5.18. The summed E-state index contributed by atoms with van der Waals surface area (Å²) in [6, 6.07) is 1.87. The van der Waals surface area contributed by atoms with Crippen LogP contribution in [0, 0.1) is 6.92 Å². The predicted octanol–water partition coefficient (Wildman–Crippen LogP) is 1.98. The summed E-state index contributed by atoms with van der Waals surface area (Å²) in [6.45, 7) is 3.81. The van der Waals surface area contributed by atoms with Gasteiger partial charge in [0.2, 0.25) is 4.96 Å². The van der Waals surface area contributed by atoms with E-state index in [1.165, 1.54) is 11.3 Å². The second-order valence-corrected chi connectivity index (χ2v) is 7.32. The lowest BCUT2D eigenvalue weighted by Gasteiger charge is -2.32. The van der Waals surface area contributed by atoms with Crippen molar-refractivity contribution in [3.05, 3.63) is 41.2 Å². The molecule has 0 aromatic carbocycles. The number of imidazole rings is 1. The van der Waals surface area contributed by atoms with Gasteiger partial charge in [0.05, 0.1) is 18.4 Å². The quantitative estimate of drug-likeness (QED) is 0.774. The minimum Gasteiger partial charge on any atom is -0.332 e. The molecule has 0 unspecified atom stereocenters. The summed E-state index contributed by atoms with van der Waals surface area (Å²) >= 11 is 1.54. The monoisotopic (exact) mass is 357 g/mol. The number of hydrogen-bond donors (Lipinski definition) is 1. The molecule has 1 aliphatic rings. The molecule has 1 aliphatic heterocycles. The molecule has 1 saturated heterocycles. The highest BCUT2D eigenvalue weighted by Gasteiger charge is 2.25. The first kappa shape index (κ1) is 15.9. The third kappa shape index (κ3) is 3.46. The molecule has 8 nitrogen and oxygen atoms in total. The largest absolute Gasteiger partial charge is 0.332 e. The molecule has 1 fully saturated rings. The van der Waals surface area contributed by atoms with Crippen molar-refractivity contribution in [1.82, 2.24) is 34.8 Å². The lowest BCUT2D eigenvalue weighted by atomic mass is 9.95. The summed E-state index contributed by atoms with van der Waals surface area (Å²) in [7, 11) is 0. The van der Waals surface area contributed by atoms with Crippen LogP contribution in [-0.4, -0.2) is 48.6 Å². The van der Waals surface area contributed by atoms with Crippen LogP contribution in [-0.2, 0) is 6.54 Å². The second kappa shape index (κ2) is 6.75. The average molecular weight is 357 g/mol. The Labute approximate surface area is 148 Å². The fourth-order valence-electron chi connectivity index (χ4n) is 3.15. The zero-order chi connectivity index (χ0) is 17.2. The van der Waals surface area contributed by atoms with E-state index in [1.807, 2.05) is 24.1 Å². The van der Waals surface area contributed by atoms with Crippen LogP contribution < -0.4 is 5.32 Å². The highest BCUT2D eigenvalue weighted by molar-refractivity contribution is 7.16. The number of fused-ring (bicyclic) bond motifs is 1. The molecule has 4 heterocycles. The molecule has 0 spiro atoms. The summed E-state index contributed by atoms with van der Waals surface area (Å²) in [5.41, 5.74) is 1.82. The van der Waals surface area contributed by atoms with E-state index >= 15 is 0 Å². The molecule has 0 saturated carbocycles. The van der Waals surface area contributed by atoms with Gasteiger partial charge in [-0.15, -0.1) is 0 Å². The van der Waals surface area contributed by atoms with Crippen LogP contribution in [0.1, 0.15) is 35.2 Å². The normalized spacial score (nSPS) is 17.8. The molecule has 3 aromatic heterocycles. The standard InChI is InChI=1S/C16H19N7OS/c1-11-21-23-9-13(20-16(23)25-11)7-18-15(24)22-6-2-3-12(8-22)14-4-5-17-10-19-14/h4-5,9-10,12H,2-3,6-8H2,1H3,(H,18,24)/t12-/m1/s1. The SMILES string of the molecule is Cc1nn2cc(CNC(=O)N3CCC[C@@H](c4ccncn4)C3)nc2s1. The number of hydrogen-bond acceptors (Lipinski definition) is 6. The summed E-state index contributed by atoms with van der Waals surface area (Å²) in [4.78, 5) is 28.0. The Morgan fingerprint density at radius 1 is 1.48 bits per heavy atom. The molecule has 2 amide bonds. The van der Waals surface area contributed by atoms with Gasteiger partial charge in [-0.1, -0.05) is 11.3 Å². The smallest absolute Gasteiger partial charge is 0.317 e. The maximum absolute atomic E-state index is 12.5. The number of carbonyl (C=O) groups excluding carboxylic acids is 1. The Morgan fingerprint density at radius 2 is 2.40 bits per heavy atom. The van der Waals surface area contributed by atoms with Crippen molar-refractivity contribution < 1.29 is 4.79 Å². The van der Waals surface area contributed by atoms with E-state index in [-0.39, 0.29) is 11.9 Å². The van der Waals surface area contributed by atoms with E-state index in [1.54, 1.807) is 17.0 Å². The van der Waals surface area contributed by atoms with E-state index in [0.717, 1.165) is 40.7 Å². The van der Waals surface area contributed by atoms with E-state index < -0.39 is 0 Å². The molecule has 1 N–H and O–H groups in total. The van der Waals surface area contributed by atoms with E-state index in [2.05, 4.69) is 25.4 Å². The van der Waals surface area contributed by atoms with Gasteiger partial charge in [0.15, 0.2) is 0 Å². The minimum absolute atomic E-state index is 0.0562. The number of nitrogens with one attached hydrogen (secondary N) is 1. The second-order valence-electron chi connectivity index (χ2n) is 6.16. The highest BCUT2D eigenvalue weighted by Crippen LogP contribution is 2.25. The number of piperidine rings is 1. The summed E-state index contributed by atoms with van der Waals surface area (Å²) < 4.78 is 1.76. The number of aryl methyl sites for hydroxylation is 1. The fraction of sp³-hybridized carbons (Fsp3) is 0.438. The van der Waals surface area contributed by atoms with Gasteiger partial charge in [-0.2, -0.15) is 5.10 Å². The number of urea groups is 1. The van der Waals surface area contributed by atoms with Crippen molar-refractivity contribution in [3.8, 4) is 0 Å². The first-order valence-corrected chi connectivity index (χ1v) is 9.11. The van der Waals surface area contributed by atoms with Gasteiger partial charge >= 0.3 is 6.03 Å². The Bertz CT molecular complexity index is 844. The maximum Gasteiger partial charge on any atom is 0.317 e. The van der Waals surface area contributed by atoms with Crippen LogP contribution in [0.15, 0.2) is 24.8 Å². The zero-order valence-corrected chi connectivity index (χ0v) is 14.7. The summed E-state index contributed by atoms with van der Waals surface area (Å²) in [5, 5.41) is 8.27. The molecule has 4 rings (SSSR count). The minimum atomic E-state index is -0.0562. The first-order valence-electron chi connectivity index (χ1n) is 8.29. The Kier molecular flexibility index (Phi) is 4.31. The molecule has 0 radical (unpaired) electrons. The third-order valence-electron chi connectivity index (χ3n) is 4.35. The molecule has 25 heavy (non-hydrogen) atoms. The van der Waals surface area contributed by atoms with Gasteiger partial charge < -0.3 is 10.2 Å². The molecule has 130 valence electrons. The fourth-order valence-corrected chi connectivity index (χ4v) is 3.90. The van der Waals surface area contributed by atoms with E-state index in [9.17, 15) is 4.79 Å². The topological polar surface area (TPSA) is 88.3 Å². The van der Waals surface area contributed by atoms with Crippen molar-refractivity contribution >= 4 is 22.3 Å². The molecule has 1 atom stereocenters. The number of likely N-dealkylation sites (tertiary alicyclic amines) is 1. The van der Waals surface area contributed by atoms with Gasteiger partial charge in [-0.25, -0.2) is 24.3 Å². The molecule has 9 heteroatoms. The number of aromatic nitrogens is 5. The van der Waals surface area contributed by atoms with E-state index in [0.29, 0.717) is 13.1 Å². The summed E-state index contributed by atoms with van der Waals surface area (Å²) in [6.07, 6.45) is 7.20. The van der Waals surface area contributed by atoms with Crippen LogP contribution in [0.3, 0.4) is 0 Å². The van der Waals surface area contributed by atoms with E-state index in [4.69, 9.17) is 0 Å². The van der Waals surface area contributed by atoms with Crippen LogP contribution in [0.25, 0.3) is 4.96 Å². The van der Waals surface area contributed by atoms with Gasteiger partial charge in [0, 0.05) is 30.9 Å². The first-order chi connectivity index (χ1) is 12.2. The van der Waals surface area contributed by atoms with Crippen molar-refractivity contribution in [1.29, 1.82) is 0 Å². The molecular formula is C16H19N7OS.